The van der Waals surface area contributed by atoms with Crippen molar-refractivity contribution in [3.63, 3.8) is 0 Å². The molecule has 0 spiro atoms. The average Bonchev–Trinajstić information content (AvgIpc) is 3.81. The van der Waals surface area contributed by atoms with Crippen molar-refractivity contribution < 1.29 is 0 Å². The molecule has 0 bridgehead atoms. The first-order valence-electron chi connectivity index (χ1n) is 20.0. The summed E-state index contributed by atoms with van der Waals surface area (Å²) >= 11 is 1.94. The zero-order valence-corrected chi connectivity index (χ0v) is 33.5. The fourth-order valence-corrected chi connectivity index (χ4v) is 11.8. The minimum Gasteiger partial charge on any atom is -0.374 e. The van der Waals surface area contributed by atoms with Gasteiger partial charge in [-0.05, 0) is 98.1 Å². The van der Waals surface area contributed by atoms with E-state index in [2.05, 4.69) is 190 Å². The predicted molar refractivity (Wildman–Crippen MR) is 242 cm³/mol. The highest BCUT2D eigenvalue weighted by molar-refractivity contribution is 7.27. The van der Waals surface area contributed by atoms with Gasteiger partial charge in [0.05, 0.1) is 15.9 Å². The Morgan fingerprint density at radius 2 is 1.30 bits per heavy atom. The Bertz CT molecular complexity index is 3170. The smallest absolute Gasteiger partial charge is 0.333 e. The van der Waals surface area contributed by atoms with Gasteiger partial charge in [0.1, 0.15) is 0 Å². The molecule has 0 fully saturated rings. The van der Waals surface area contributed by atoms with Crippen LogP contribution in [0.15, 0.2) is 140 Å². The third-order valence-corrected chi connectivity index (χ3v) is 14.4. The van der Waals surface area contributed by atoms with Gasteiger partial charge in [-0.3, -0.25) is 0 Å². The van der Waals surface area contributed by atoms with Gasteiger partial charge in [0.2, 0.25) is 0 Å². The molecule has 12 rings (SSSR count). The van der Waals surface area contributed by atoms with Crippen molar-refractivity contribution in [3.8, 4) is 33.4 Å². The lowest BCUT2D eigenvalue weighted by atomic mass is 9.43. The SMILES string of the molecule is Cc1cc2c3c(c1)N(c1ccc(C(C)(C)C)cc1-c1ccccc1)c1ccc4c(c1B3n1c3c-2cccc3c2sc3ccccc3c21)-c1ccccc1C4(C)C. The van der Waals surface area contributed by atoms with Gasteiger partial charge in [-0.1, -0.05) is 144 Å². The summed E-state index contributed by atoms with van der Waals surface area (Å²) in [5.74, 6) is 0. The molecule has 0 amide bonds. The molecule has 0 radical (unpaired) electrons. The Hall–Kier alpha value is -5.84. The summed E-state index contributed by atoms with van der Waals surface area (Å²) in [4.78, 5) is 2.64. The minimum absolute atomic E-state index is 0.00373. The van der Waals surface area contributed by atoms with Crippen LogP contribution in [-0.2, 0) is 10.8 Å². The van der Waals surface area contributed by atoms with Gasteiger partial charge in [-0.25, -0.2) is 0 Å². The molecule has 2 aromatic heterocycles. The second-order valence-corrected chi connectivity index (χ2v) is 18.8. The van der Waals surface area contributed by atoms with E-state index in [0.29, 0.717) is 0 Å². The summed E-state index contributed by atoms with van der Waals surface area (Å²) in [6, 6.07) is 53.3. The van der Waals surface area contributed by atoms with Crippen LogP contribution in [0, 0.1) is 6.92 Å². The number of anilines is 3. The number of fused-ring (bicyclic) bond motifs is 13. The highest BCUT2D eigenvalue weighted by atomic mass is 32.1. The van der Waals surface area contributed by atoms with Gasteiger partial charge in [-0.2, -0.15) is 0 Å². The summed E-state index contributed by atoms with van der Waals surface area (Å²) in [7, 11) is 0. The van der Waals surface area contributed by atoms with Gasteiger partial charge in [0, 0.05) is 48.9 Å². The number of nitrogens with zero attached hydrogens (tertiary/aromatic N) is 2. The van der Waals surface area contributed by atoms with E-state index < -0.39 is 0 Å². The maximum atomic E-state index is 2.77. The minimum atomic E-state index is -0.130. The van der Waals surface area contributed by atoms with Crippen LogP contribution >= 0.6 is 11.3 Å². The van der Waals surface area contributed by atoms with Gasteiger partial charge < -0.3 is 9.38 Å². The Labute approximate surface area is 332 Å². The lowest BCUT2D eigenvalue weighted by Gasteiger charge is -2.42. The molecule has 56 heavy (non-hydrogen) atoms. The molecule has 0 atom stereocenters. The van der Waals surface area contributed by atoms with Gasteiger partial charge in [-0.15, -0.1) is 11.3 Å². The van der Waals surface area contributed by atoms with Crippen molar-refractivity contribution in [3.05, 3.63) is 162 Å². The molecule has 0 N–H and O–H groups in total. The fraction of sp³-hybridized carbons (Fsp3) is 0.154. The van der Waals surface area contributed by atoms with Crippen LogP contribution in [0.4, 0.5) is 17.1 Å². The number of thiophene rings is 1. The molecule has 4 heteroatoms. The van der Waals surface area contributed by atoms with Gasteiger partial charge in [0.15, 0.2) is 0 Å². The first kappa shape index (κ1) is 32.4. The second kappa shape index (κ2) is 10.9. The molecule has 3 aliphatic rings. The monoisotopic (exact) mass is 736 g/mol. The van der Waals surface area contributed by atoms with E-state index in [1.165, 1.54) is 115 Å². The molecule has 268 valence electrons. The van der Waals surface area contributed by atoms with E-state index in [4.69, 9.17) is 0 Å². The largest absolute Gasteiger partial charge is 0.374 e. The number of aryl methyl sites for hydroxylation is 1. The van der Waals surface area contributed by atoms with Crippen LogP contribution in [0.2, 0.25) is 0 Å². The lowest BCUT2D eigenvalue weighted by Crippen LogP contribution is -2.57. The maximum absolute atomic E-state index is 2.77. The molecule has 9 aromatic rings. The number of rotatable bonds is 2. The number of para-hydroxylation sites is 1. The van der Waals surface area contributed by atoms with E-state index in [0.717, 1.165) is 0 Å². The quantitative estimate of drug-likeness (QED) is 0.160. The number of hydrogen-bond acceptors (Lipinski definition) is 2. The topological polar surface area (TPSA) is 8.17 Å². The lowest BCUT2D eigenvalue weighted by molar-refractivity contribution is 0.590. The first-order valence-corrected chi connectivity index (χ1v) is 20.8. The van der Waals surface area contributed by atoms with E-state index >= 15 is 0 Å². The van der Waals surface area contributed by atoms with Crippen LogP contribution in [0.1, 0.15) is 56.9 Å². The number of aromatic nitrogens is 1. The summed E-state index contributed by atoms with van der Waals surface area (Å²) < 4.78 is 5.50. The molecule has 4 heterocycles. The van der Waals surface area contributed by atoms with Crippen LogP contribution in [-0.4, -0.2) is 11.3 Å². The summed E-state index contributed by atoms with van der Waals surface area (Å²) in [6.45, 7) is 14.1. The van der Waals surface area contributed by atoms with Gasteiger partial charge >= 0.3 is 6.85 Å². The zero-order chi connectivity index (χ0) is 37.8. The van der Waals surface area contributed by atoms with E-state index in [9.17, 15) is 0 Å². The molecule has 0 saturated heterocycles. The van der Waals surface area contributed by atoms with Gasteiger partial charge in [0.25, 0.3) is 0 Å². The summed E-state index contributed by atoms with van der Waals surface area (Å²) in [5.41, 5.74) is 22.5. The highest BCUT2D eigenvalue weighted by Crippen LogP contribution is 2.54. The van der Waals surface area contributed by atoms with E-state index in [-0.39, 0.29) is 17.7 Å². The Morgan fingerprint density at radius 3 is 2.14 bits per heavy atom. The summed E-state index contributed by atoms with van der Waals surface area (Å²) in [5, 5.41) is 2.70. The molecule has 2 nitrogen and oxygen atoms in total. The van der Waals surface area contributed by atoms with E-state index in [1.807, 2.05) is 11.3 Å². The zero-order valence-electron chi connectivity index (χ0n) is 32.7. The fourth-order valence-electron chi connectivity index (χ4n) is 10.6. The number of benzene rings is 7. The maximum Gasteiger partial charge on any atom is 0.333 e. The van der Waals surface area contributed by atoms with Crippen molar-refractivity contribution in [2.24, 2.45) is 0 Å². The van der Waals surface area contributed by atoms with Crippen LogP contribution < -0.4 is 15.8 Å². The molecule has 1 aliphatic carbocycles. The average molecular weight is 737 g/mol. The molecular weight excluding hydrogens is 695 g/mol. The molecule has 2 aliphatic heterocycles. The van der Waals surface area contributed by atoms with Crippen molar-refractivity contribution in [1.82, 2.24) is 4.48 Å². The predicted octanol–water partition coefficient (Wildman–Crippen LogP) is 13.0. The highest BCUT2D eigenvalue weighted by Gasteiger charge is 2.48. The Kier molecular flexibility index (Phi) is 6.32. The Morgan fingerprint density at radius 1 is 0.571 bits per heavy atom. The van der Waals surface area contributed by atoms with Crippen molar-refractivity contribution in [2.45, 2.75) is 52.4 Å². The van der Waals surface area contributed by atoms with Crippen molar-refractivity contribution in [2.75, 3.05) is 4.90 Å². The van der Waals surface area contributed by atoms with Crippen molar-refractivity contribution >= 4 is 77.4 Å². The molecule has 0 unspecified atom stereocenters. The second-order valence-electron chi connectivity index (χ2n) is 17.8. The first-order chi connectivity index (χ1) is 27.1. The van der Waals surface area contributed by atoms with Crippen LogP contribution in [0.5, 0.6) is 0 Å². The summed E-state index contributed by atoms with van der Waals surface area (Å²) in [6.07, 6.45) is 0. The molecule has 7 aromatic carbocycles. The van der Waals surface area contributed by atoms with Crippen LogP contribution in [0.3, 0.4) is 0 Å². The third-order valence-electron chi connectivity index (χ3n) is 13.2. The number of hydrogen-bond donors (Lipinski definition) is 0. The molecular formula is C52H41BN2S. The standard InChI is InChI=1S/C52H41BN2S/c1-30-27-38-33-19-14-20-36-48(33)55(49-35-18-11-13-22-44(35)56-50(36)49)53-46(38)43(28-30)54(41-25-23-32(51(2,3)4)29-37(41)31-15-8-7-9-16-31)42-26-24-40-45(47(42)53)34-17-10-12-21-39(34)52(40,5)6/h7-29H,1-6H3. The normalized spacial score (nSPS) is 14.7. The van der Waals surface area contributed by atoms with E-state index in [1.54, 1.807) is 0 Å². The molecule has 0 saturated carbocycles. The Balaban J connectivity index is 1.29. The van der Waals surface area contributed by atoms with Crippen molar-refractivity contribution in [1.29, 1.82) is 0 Å². The van der Waals surface area contributed by atoms with Crippen LogP contribution in [0.25, 0.3) is 64.6 Å². The third kappa shape index (κ3) is 4.07.